The van der Waals surface area contributed by atoms with Crippen molar-refractivity contribution in [3.05, 3.63) is 0 Å². The molecule has 1 aliphatic heterocycles. The minimum absolute atomic E-state index is 0.0983. The van der Waals surface area contributed by atoms with Crippen LogP contribution in [-0.2, 0) is 23.9 Å². The second-order valence-corrected chi connectivity index (χ2v) is 8.37. The van der Waals surface area contributed by atoms with Crippen molar-refractivity contribution in [2.45, 2.75) is 91.3 Å². The summed E-state index contributed by atoms with van der Waals surface area (Å²) in [5.41, 5.74) is -0.790. The van der Waals surface area contributed by atoms with Crippen molar-refractivity contribution in [3.63, 3.8) is 0 Å². The van der Waals surface area contributed by atoms with Gasteiger partial charge in [-0.3, -0.25) is 14.4 Å². The topological polar surface area (TPSA) is 69.7 Å². The number of rotatable bonds is 7. The Morgan fingerprint density at radius 1 is 1.28 bits per heavy atom. The van der Waals surface area contributed by atoms with E-state index in [1.165, 1.54) is 13.3 Å². The minimum Gasteiger partial charge on any atom is -0.463 e. The highest BCUT2D eigenvalue weighted by Gasteiger charge is 2.57. The van der Waals surface area contributed by atoms with Gasteiger partial charge in [-0.25, -0.2) is 0 Å². The van der Waals surface area contributed by atoms with Gasteiger partial charge in [-0.15, -0.1) is 0 Å². The quantitative estimate of drug-likeness (QED) is 0.651. The summed E-state index contributed by atoms with van der Waals surface area (Å²) < 4.78 is 10.9. The maximum atomic E-state index is 12.7. The fourth-order valence-electron chi connectivity index (χ4n) is 4.30. The molecule has 1 saturated heterocycles. The summed E-state index contributed by atoms with van der Waals surface area (Å²) in [6, 6.07) is 0. The van der Waals surface area contributed by atoms with E-state index >= 15 is 0 Å². The van der Waals surface area contributed by atoms with E-state index in [4.69, 9.17) is 9.47 Å². The first kappa shape index (κ1) is 19.9. The van der Waals surface area contributed by atoms with Crippen LogP contribution in [0.3, 0.4) is 0 Å². The lowest BCUT2D eigenvalue weighted by Gasteiger charge is -2.38. The van der Waals surface area contributed by atoms with Gasteiger partial charge < -0.3 is 9.47 Å². The number of esters is 2. The third kappa shape index (κ3) is 5.05. The summed E-state index contributed by atoms with van der Waals surface area (Å²) in [6.45, 7) is 7.98. The molecule has 2 aliphatic rings. The third-order valence-corrected chi connectivity index (χ3v) is 5.62. The molecule has 2 rings (SSSR count). The highest BCUT2D eigenvalue weighted by atomic mass is 16.6. The van der Waals surface area contributed by atoms with E-state index in [1.54, 1.807) is 0 Å². The molecule has 0 radical (unpaired) electrons. The van der Waals surface area contributed by atoms with Gasteiger partial charge in [-0.1, -0.05) is 40.0 Å². The van der Waals surface area contributed by atoms with Gasteiger partial charge in [0, 0.05) is 19.8 Å². The number of hydrogen-bond acceptors (Lipinski definition) is 5. The number of ketones is 1. The van der Waals surface area contributed by atoms with Crippen LogP contribution in [0.15, 0.2) is 0 Å². The molecule has 1 spiro atoms. The van der Waals surface area contributed by atoms with Gasteiger partial charge >= 0.3 is 11.9 Å². The molecule has 1 heterocycles. The molecule has 142 valence electrons. The average molecular weight is 352 g/mol. The van der Waals surface area contributed by atoms with E-state index < -0.39 is 5.41 Å². The number of cyclic esters (lactones) is 1. The Morgan fingerprint density at radius 2 is 2.00 bits per heavy atom. The Balaban J connectivity index is 2.04. The summed E-state index contributed by atoms with van der Waals surface area (Å²) in [5, 5.41) is 0. The van der Waals surface area contributed by atoms with Crippen LogP contribution in [-0.4, -0.2) is 29.9 Å². The van der Waals surface area contributed by atoms with Crippen LogP contribution >= 0.6 is 0 Å². The zero-order chi connectivity index (χ0) is 18.6. The monoisotopic (exact) mass is 352 g/mol. The van der Waals surface area contributed by atoms with Crippen LogP contribution in [0, 0.1) is 17.3 Å². The predicted molar refractivity (Wildman–Crippen MR) is 93.8 cm³/mol. The van der Waals surface area contributed by atoms with Gasteiger partial charge in [0.25, 0.3) is 0 Å². The van der Waals surface area contributed by atoms with Crippen LogP contribution in [0.5, 0.6) is 0 Å². The lowest BCUT2D eigenvalue weighted by atomic mass is 9.66. The molecule has 2 fully saturated rings. The van der Waals surface area contributed by atoms with Gasteiger partial charge in [0.2, 0.25) is 0 Å². The average Bonchev–Trinajstić information content (AvgIpc) is 2.78. The van der Waals surface area contributed by atoms with Crippen molar-refractivity contribution in [1.82, 2.24) is 0 Å². The second-order valence-electron chi connectivity index (χ2n) is 8.37. The summed E-state index contributed by atoms with van der Waals surface area (Å²) in [5.74, 6) is 0.552. The van der Waals surface area contributed by atoms with Gasteiger partial charge in [0.1, 0.15) is 18.0 Å². The number of carbonyl (C=O) groups excluding carboxylic acids is 3. The van der Waals surface area contributed by atoms with E-state index in [-0.39, 0.29) is 36.4 Å². The predicted octanol–water partition coefficient (Wildman–Crippen LogP) is 3.83. The molecule has 1 unspecified atom stereocenters. The van der Waals surface area contributed by atoms with Crippen LogP contribution in [0.2, 0.25) is 0 Å². The lowest BCUT2D eigenvalue weighted by molar-refractivity contribution is -0.157. The lowest BCUT2D eigenvalue weighted by Crippen LogP contribution is -2.46. The van der Waals surface area contributed by atoms with Crippen molar-refractivity contribution in [2.24, 2.45) is 17.3 Å². The fraction of sp³-hybridized carbons (Fsp3) is 0.850. The number of carbonyl (C=O) groups is 3. The molecule has 0 bridgehead atoms. The van der Waals surface area contributed by atoms with Gasteiger partial charge in [0.15, 0.2) is 0 Å². The maximum absolute atomic E-state index is 12.7. The van der Waals surface area contributed by atoms with Gasteiger partial charge in [-0.05, 0) is 24.7 Å². The second kappa shape index (κ2) is 8.33. The van der Waals surface area contributed by atoms with E-state index in [2.05, 4.69) is 20.8 Å². The third-order valence-electron chi connectivity index (χ3n) is 5.62. The number of hydrogen-bond donors (Lipinski definition) is 0. The first-order valence-electron chi connectivity index (χ1n) is 9.63. The number of Topliss-reactive ketones (excluding diaryl/α,β-unsaturated/α-hetero) is 1. The van der Waals surface area contributed by atoms with E-state index in [0.717, 1.165) is 12.8 Å². The summed E-state index contributed by atoms with van der Waals surface area (Å²) in [6.07, 6.45) is 4.91. The molecule has 4 atom stereocenters. The molecule has 1 saturated carbocycles. The zero-order valence-corrected chi connectivity index (χ0v) is 16.0. The Morgan fingerprint density at radius 3 is 2.64 bits per heavy atom. The smallest absolute Gasteiger partial charge is 0.307 e. The Hall–Kier alpha value is -1.39. The van der Waals surface area contributed by atoms with Crippen LogP contribution < -0.4 is 0 Å². The molecule has 0 amide bonds. The molecular weight excluding hydrogens is 320 g/mol. The van der Waals surface area contributed by atoms with Crippen molar-refractivity contribution in [2.75, 3.05) is 0 Å². The highest BCUT2D eigenvalue weighted by molar-refractivity contribution is 5.92. The minimum atomic E-state index is -0.790. The molecule has 0 N–H and O–H groups in total. The Labute approximate surface area is 150 Å². The Bertz CT molecular complexity index is 512. The first-order valence-corrected chi connectivity index (χ1v) is 9.63. The van der Waals surface area contributed by atoms with Crippen LogP contribution in [0.4, 0.5) is 0 Å². The molecule has 25 heavy (non-hydrogen) atoms. The van der Waals surface area contributed by atoms with E-state index in [0.29, 0.717) is 37.5 Å². The molecule has 0 aromatic carbocycles. The van der Waals surface area contributed by atoms with Crippen molar-refractivity contribution in [3.8, 4) is 0 Å². The molecule has 1 aliphatic carbocycles. The fourth-order valence-corrected chi connectivity index (χ4v) is 4.30. The largest absolute Gasteiger partial charge is 0.463 e. The normalized spacial score (nSPS) is 30.6. The van der Waals surface area contributed by atoms with E-state index in [1.807, 2.05) is 0 Å². The molecular formula is C20H32O5. The Kier molecular flexibility index (Phi) is 6.64. The highest BCUT2D eigenvalue weighted by Crippen LogP contribution is 2.48. The van der Waals surface area contributed by atoms with Crippen LogP contribution in [0.25, 0.3) is 0 Å². The molecule has 5 nitrogen and oxygen atoms in total. The first-order chi connectivity index (χ1) is 11.7. The zero-order valence-electron chi connectivity index (χ0n) is 16.0. The molecule has 0 aromatic heterocycles. The number of ether oxygens (including phenoxy) is 2. The van der Waals surface area contributed by atoms with E-state index in [9.17, 15) is 14.4 Å². The maximum Gasteiger partial charge on any atom is 0.307 e. The van der Waals surface area contributed by atoms with Crippen molar-refractivity contribution < 1.29 is 23.9 Å². The van der Waals surface area contributed by atoms with Crippen molar-refractivity contribution >= 4 is 17.7 Å². The molecule has 0 aromatic rings. The van der Waals surface area contributed by atoms with Gasteiger partial charge in [-0.2, -0.15) is 0 Å². The standard InChI is InChI=1S/C20H32O5/c1-13(2)6-5-7-14(3)10-18-20(12-19(23)25-18)11-16(24-15(4)21)8-9-17(20)22/h13-14,16,18H,5-12H2,1-4H3/t14?,16-,18-,20+/m1/s1. The van der Waals surface area contributed by atoms with Crippen LogP contribution in [0.1, 0.15) is 79.1 Å². The van der Waals surface area contributed by atoms with Gasteiger partial charge in [0.05, 0.1) is 11.8 Å². The SMILES string of the molecule is CC(=O)O[C@@H]1CCC(=O)[C@@]2(CC(=O)O[C@@H]2CC(C)CCCC(C)C)C1. The van der Waals surface area contributed by atoms with Crippen molar-refractivity contribution in [1.29, 1.82) is 0 Å². The summed E-state index contributed by atoms with van der Waals surface area (Å²) in [4.78, 5) is 36.0. The summed E-state index contributed by atoms with van der Waals surface area (Å²) >= 11 is 0. The summed E-state index contributed by atoms with van der Waals surface area (Å²) in [7, 11) is 0. The molecule has 5 heteroatoms.